The first-order chi connectivity index (χ1) is 13.6. The molecule has 0 aliphatic heterocycles. The summed E-state index contributed by atoms with van der Waals surface area (Å²) in [6, 6.07) is 3.78. The van der Waals surface area contributed by atoms with Crippen LogP contribution in [0.25, 0.3) is 0 Å². The Morgan fingerprint density at radius 3 is 2.00 bits per heavy atom. The van der Waals surface area contributed by atoms with Gasteiger partial charge in [-0.15, -0.1) is 20.4 Å². The largest absolute Gasteiger partial charge is 0.326 e. The van der Waals surface area contributed by atoms with Crippen molar-refractivity contribution < 1.29 is 4.79 Å². The van der Waals surface area contributed by atoms with Gasteiger partial charge in [-0.25, -0.2) is 0 Å². The quantitative estimate of drug-likeness (QED) is 0.578. The summed E-state index contributed by atoms with van der Waals surface area (Å²) in [7, 11) is 0. The maximum absolute atomic E-state index is 12.4. The molecule has 0 aromatic carbocycles. The summed E-state index contributed by atoms with van der Waals surface area (Å²) < 4.78 is 3.67. The molecule has 0 radical (unpaired) electrons. The maximum atomic E-state index is 12.4. The second-order valence-corrected chi connectivity index (χ2v) is 7.09. The maximum Gasteiger partial charge on any atom is 0.224 e. The lowest BCUT2D eigenvalue weighted by Gasteiger charge is -2.12. The van der Waals surface area contributed by atoms with Crippen LogP contribution in [0.3, 0.4) is 0 Å². The lowest BCUT2D eigenvalue weighted by atomic mass is 10.0. The molecule has 1 amide bonds. The van der Waals surface area contributed by atoms with Gasteiger partial charge in [0.15, 0.2) is 0 Å². The van der Waals surface area contributed by atoms with Gasteiger partial charge in [-0.05, 0) is 24.5 Å². The van der Waals surface area contributed by atoms with Crippen LogP contribution in [0.4, 0.5) is 5.69 Å². The molecule has 0 aliphatic carbocycles. The fraction of sp³-hybridized carbons (Fsp3) is 0.474. The Balaban J connectivity index is 1.71. The SMILES string of the molecule is CCCC(C)CCC(=O)Nc1cc(Cn2cnnc2)nc(Cn2cnnc2)c1. The van der Waals surface area contributed by atoms with Crippen molar-refractivity contribution in [3.05, 3.63) is 48.8 Å². The van der Waals surface area contributed by atoms with Gasteiger partial charge in [-0.2, -0.15) is 0 Å². The molecule has 0 aliphatic rings. The van der Waals surface area contributed by atoms with Gasteiger partial charge in [0.1, 0.15) is 25.3 Å². The van der Waals surface area contributed by atoms with E-state index < -0.39 is 0 Å². The summed E-state index contributed by atoms with van der Waals surface area (Å²) in [6.07, 6.45) is 10.3. The Morgan fingerprint density at radius 2 is 1.50 bits per heavy atom. The van der Waals surface area contributed by atoms with E-state index in [1.807, 2.05) is 21.3 Å². The smallest absolute Gasteiger partial charge is 0.224 e. The zero-order valence-corrected chi connectivity index (χ0v) is 16.3. The first kappa shape index (κ1) is 19.7. The molecule has 9 nitrogen and oxygen atoms in total. The number of amides is 1. The number of hydrogen-bond acceptors (Lipinski definition) is 6. The number of aromatic nitrogens is 7. The van der Waals surface area contributed by atoms with E-state index in [0.717, 1.165) is 36.3 Å². The highest BCUT2D eigenvalue weighted by atomic mass is 16.1. The molecular formula is C19H26N8O. The van der Waals surface area contributed by atoms with Crippen LogP contribution < -0.4 is 5.32 Å². The van der Waals surface area contributed by atoms with Gasteiger partial charge in [-0.3, -0.25) is 9.78 Å². The lowest BCUT2D eigenvalue weighted by Crippen LogP contribution is -2.14. The summed E-state index contributed by atoms with van der Waals surface area (Å²) in [5.74, 6) is 0.585. The van der Waals surface area contributed by atoms with Crippen molar-refractivity contribution >= 4 is 11.6 Å². The third kappa shape index (κ3) is 5.97. The van der Waals surface area contributed by atoms with Crippen LogP contribution in [-0.2, 0) is 17.9 Å². The number of pyridine rings is 1. The number of carbonyl (C=O) groups is 1. The molecule has 3 heterocycles. The first-order valence-electron chi connectivity index (χ1n) is 9.57. The Bertz CT molecular complexity index is 806. The van der Waals surface area contributed by atoms with Crippen molar-refractivity contribution in [2.45, 2.75) is 52.6 Å². The molecular weight excluding hydrogens is 356 g/mol. The molecule has 0 saturated heterocycles. The third-order valence-electron chi connectivity index (χ3n) is 4.48. The average molecular weight is 382 g/mol. The van der Waals surface area contributed by atoms with E-state index in [-0.39, 0.29) is 5.91 Å². The van der Waals surface area contributed by atoms with Crippen LogP contribution in [0.5, 0.6) is 0 Å². The minimum Gasteiger partial charge on any atom is -0.326 e. The van der Waals surface area contributed by atoms with Crippen molar-refractivity contribution in [2.24, 2.45) is 5.92 Å². The third-order valence-corrected chi connectivity index (χ3v) is 4.48. The monoisotopic (exact) mass is 382 g/mol. The molecule has 1 atom stereocenters. The van der Waals surface area contributed by atoms with Crippen LogP contribution in [0.1, 0.15) is 50.9 Å². The Morgan fingerprint density at radius 1 is 0.964 bits per heavy atom. The van der Waals surface area contributed by atoms with Crippen molar-refractivity contribution in [1.29, 1.82) is 0 Å². The van der Waals surface area contributed by atoms with Gasteiger partial charge in [0.25, 0.3) is 0 Å². The zero-order chi connectivity index (χ0) is 19.8. The molecule has 3 rings (SSSR count). The number of carbonyl (C=O) groups excluding carboxylic acids is 1. The molecule has 0 spiro atoms. The predicted octanol–water partition coefficient (Wildman–Crippen LogP) is 2.52. The Hall–Kier alpha value is -3.10. The van der Waals surface area contributed by atoms with Crippen molar-refractivity contribution in [1.82, 2.24) is 34.5 Å². The summed E-state index contributed by atoms with van der Waals surface area (Å²) >= 11 is 0. The van der Waals surface area contributed by atoms with Crippen molar-refractivity contribution in [3.8, 4) is 0 Å². The van der Waals surface area contributed by atoms with Crippen LogP contribution in [0.2, 0.25) is 0 Å². The molecule has 1 N–H and O–H groups in total. The fourth-order valence-electron chi connectivity index (χ4n) is 3.10. The van der Waals surface area contributed by atoms with Gasteiger partial charge >= 0.3 is 0 Å². The summed E-state index contributed by atoms with van der Waals surface area (Å²) in [5.41, 5.74) is 2.38. The number of hydrogen-bond donors (Lipinski definition) is 1. The molecule has 3 aromatic heterocycles. The second kappa shape index (κ2) is 9.72. The zero-order valence-electron chi connectivity index (χ0n) is 16.3. The van der Waals surface area contributed by atoms with Crippen molar-refractivity contribution in [2.75, 3.05) is 5.32 Å². The highest BCUT2D eigenvalue weighted by molar-refractivity contribution is 5.90. The van der Waals surface area contributed by atoms with Crippen LogP contribution >= 0.6 is 0 Å². The van der Waals surface area contributed by atoms with E-state index in [1.165, 1.54) is 0 Å². The van der Waals surface area contributed by atoms with E-state index in [9.17, 15) is 4.79 Å². The molecule has 0 fully saturated rings. The number of rotatable bonds is 10. The Kier molecular flexibility index (Phi) is 6.83. The Labute approximate surface area is 164 Å². The van der Waals surface area contributed by atoms with Gasteiger partial charge in [0.2, 0.25) is 5.91 Å². The highest BCUT2D eigenvalue weighted by Crippen LogP contribution is 2.16. The van der Waals surface area contributed by atoms with Gasteiger partial charge in [0.05, 0.1) is 24.5 Å². The van der Waals surface area contributed by atoms with Crippen LogP contribution in [-0.4, -0.2) is 40.4 Å². The number of anilines is 1. The lowest BCUT2D eigenvalue weighted by molar-refractivity contribution is -0.116. The molecule has 0 bridgehead atoms. The van der Waals surface area contributed by atoms with Crippen molar-refractivity contribution in [3.63, 3.8) is 0 Å². The number of nitrogens with zero attached hydrogens (tertiary/aromatic N) is 7. The van der Waals surface area contributed by atoms with E-state index in [1.54, 1.807) is 25.3 Å². The van der Waals surface area contributed by atoms with Gasteiger partial charge in [0, 0.05) is 12.1 Å². The van der Waals surface area contributed by atoms with E-state index >= 15 is 0 Å². The summed E-state index contributed by atoms with van der Waals surface area (Å²) in [4.78, 5) is 17.1. The second-order valence-electron chi connectivity index (χ2n) is 7.09. The fourth-order valence-corrected chi connectivity index (χ4v) is 3.10. The topological polar surface area (TPSA) is 103 Å². The summed E-state index contributed by atoms with van der Waals surface area (Å²) in [5, 5.41) is 18.3. The predicted molar refractivity (Wildman–Crippen MR) is 104 cm³/mol. The van der Waals surface area contributed by atoms with Crippen LogP contribution in [0.15, 0.2) is 37.4 Å². The first-order valence-corrected chi connectivity index (χ1v) is 9.57. The van der Waals surface area contributed by atoms with E-state index in [4.69, 9.17) is 0 Å². The average Bonchev–Trinajstić information content (AvgIpc) is 3.34. The minimum atomic E-state index is 0.0275. The normalized spacial score (nSPS) is 12.1. The number of nitrogens with one attached hydrogen (secondary N) is 1. The van der Waals surface area contributed by atoms with E-state index in [2.05, 4.69) is 44.5 Å². The molecule has 3 aromatic rings. The van der Waals surface area contributed by atoms with Gasteiger partial charge in [-0.1, -0.05) is 26.7 Å². The molecule has 9 heteroatoms. The van der Waals surface area contributed by atoms with Crippen LogP contribution in [0, 0.1) is 5.92 Å². The standard InChI is InChI=1S/C19H26N8O/c1-3-4-15(2)5-6-19(28)25-16-7-17(9-26-11-20-21-12-26)24-18(8-16)10-27-13-22-23-14-27/h7-8,11-15H,3-6,9-10H2,1-2H3,(H,24,25,28). The van der Waals surface area contributed by atoms with E-state index in [0.29, 0.717) is 25.4 Å². The summed E-state index contributed by atoms with van der Waals surface area (Å²) in [6.45, 7) is 5.42. The minimum absolute atomic E-state index is 0.0275. The van der Waals surface area contributed by atoms with Gasteiger partial charge < -0.3 is 14.5 Å². The molecule has 148 valence electrons. The highest BCUT2D eigenvalue weighted by Gasteiger charge is 2.10. The molecule has 0 saturated carbocycles. The molecule has 1 unspecified atom stereocenters. The molecule has 28 heavy (non-hydrogen) atoms.